The van der Waals surface area contributed by atoms with Crippen LogP contribution in [0.25, 0.3) is 0 Å². The van der Waals surface area contributed by atoms with Gasteiger partial charge in [0.25, 0.3) is 0 Å². The molecule has 0 unspecified atom stereocenters. The Morgan fingerprint density at radius 2 is 2.14 bits per heavy atom. The van der Waals surface area contributed by atoms with E-state index in [4.69, 9.17) is 5.11 Å². The van der Waals surface area contributed by atoms with Crippen LogP contribution >= 0.6 is 0 Å². The molecule has 0 amide bonds. The first-order valence-electron chi connectivity index (χ1n) is 2.25. The van der Waals surface area contributed by atoms with Gasteiger partial charge in [-0.2, -0.15) is 0 Å². The Hall–Kier alpha value is -0.720. The highest BCUT2D eigenvalue weighted by Gasteiger charge is 1.71. The molecule has 0 atom stereocenters. The Bertz CT molecular complexity index is 90.4. The highest BCUT2D eigenvalue weighted by molar-refractivity contribution is 5.12. The van der Waals surface area contributed by atoms with Crippen LogP contribution in [0.5, 0.6) is 0 Å². The molecule has 0 radical (unpaired) electrons. The standard InChI is InChI=1S/C6H10O/c1-3-6(2)4-5-7/h3-5,7H,1-2H3. The smallest absolute Gasteiger partial charge is 0.0794 e. The van der Waals surface area contributed by atoms with Gasteiger partial charge in [-0.05, 0) is 19.9 Å². The van der Waals surface area contributed by atoms with Crippen molar-refractivity contribution in [2.75, 3.05) is 0 Å². The van der Waals surface area contributed by atoms with Crippen molar-refractivity contribution < 1.29 is 5.11 Å². The van der Waals surface area contributed by atoms with Crippen LogP contribution in [0.15, 0.2) is 24.0 Å². The second-order valence-electron chi connectivity index (χ2n) is 1.35. The van der Waals surface area contributed by atoms with Gasteiger partial charge in [0.05, 0.1) is 6.26 Å². The summed E-state index contributed by atoms with van der Waals surface area (Å²) in [6.07, 6.45) is 4.60. The van der Waals surface area contributed by atoms with Crippen LogP contribution in [0.2, 0.25) is 0 Å². The topological polar surface area (TPSA) is 20.2 Å². The third-order valence-corrected chi connectivity index (χ3v) is 0.793. The minimum atomic E-state index is 1.04. The SMILES string of the molecule is CC=C(C)C=CO. The van der Waals surface area contributed by atoms with Gasteiger partial charge in [-0.1, -0.05) is 11.6 Å². The van der Waals surface area contributed by atoms with E-state index < -0.39 is 0 Å². The summed E-state index contributed by atoms with van der Waals surface area (Å²) in [5.74, 6) is 0. The first-order chi connectivity index (χ1) is 3.31. The zero-order valence-electron chi connectivity index (χ0n) is 4.68. The van der Waals surface area contributed by atoms with E-state index in [1.165, 1.54) is 0 Å². The quantitative estimate of drug-likeness (QED) is 0.393. The van der Waals surface area contributed by atoms with Gasteiger partial charge < -0.3 is 5.11 Å². The van der Waals surface area contributed by atoms with Gasteiger partial charge in [0.15, 0.2) is 0 Å². The minimum absolute atomic E-state index is 1.04. The van der Waals surface area contributed by atoms with E-state index in [9.17, 15) is 0 Å². The van der Waals surface area contributed by atoms with Crippen LogP contribution in [-0.2, 0) is 0 Å². The van der Waals surface area contributed by atoms with Crippen LogP contribution in [-0.4, -0.2) is 5.11 Å². The highest BCUT2D eigenvalue weighted by Crippen LogP contribution is 1.90. The summed E-state index contributed by atoms with van der Waals surface area (Å²) in [6, 6.07) is 0. The molecule has 0 fully saturated rings. The Kier molecular flexibility index (Phi) is 3.11. The van der Waals surface area contributed by atoms with Crippen molar-refractivity contribution in [3.8, 4) is 0 Å². The lowest BCUT2D eigenvalue weighted by Gasteiger charge is -1.80. The van der Waals surface area contributed by atoms with E-state index in [-0.39, 0.29) is 0 Å². The van der Waals surface area contributed by atoms with Crippen molar-refractivity contribution in [3.05, 3.63) is 24.0 Å². The van der Waals surface area contributed by atoms with Gasteiger partial charge in [-0.25, -0.2) is 0 Å². The Morgan fingerprint density at radius 3 is 2.29 bits per heavy atom. The lowest BCUT2D eigenvalue weighted by atomic mass is 10.3. The largest absolute Gasteiger partial charge is 0.516 e. The Labute approximate surface area is 44.0 Å². The fourth-order valence-electron chi connectivity index (χ4n) is 0.214. The van der Waals surface area contributed by atoms with Gasteiger partial charge in [0, 0.05) is 0 Å². The number of hydrogen-bond donors (Lipinski definition) is 1. The summed E-state index contributed by atoms with van der Waals surface area (Å²) in [5, 5.41) is 8.15. The second kappa shape index (κ2) is 3.47. The maximum atomic E-state index is 8.15. The normalized spacial score (nSPS) is 13.1. The third-order valence-electron chi connectivity index (χ3n) is 0.793. The van der Waals surface area contributed by atoms with Crippen molar-refractivity contribution in [2.45, 2.75) is 13.8 Å². The van der Waals surface area contributed by atoms with E-state index in [0.29, 0.717) is 0 Å². The van der Waals surface area contributed by atoms with E-state index in [1.54, 1.807) is 6.08 Å². The molecule has 0 aromatic carbocycles. The van der Waals surface area contributed by atoms with Crippen LogP contribution in [0.4, 0.5) is 0 Å². The lowest BCUT2D eigenvalue weighted by Crippen LogP contribution is -1.61. The predicted molar refractivity (Wildman–Crippen MR) is 31.2 cm³/mol. The van der Waals surface area contributed by atoms with Crippen molar-refractivity contribution >= 4 is 0 Å². The number of hydrogen-bond acceptors (Lipinski definition) is 1. The summed E-state index contributed by atoms with van der Waals surface area (Å²) in [4.78, 5) is 0. The number of rotatable bonds is 1. The molecule has 0 heterocycles. The number of aliphatic hydroxyl groups is 1. The second-order valence-corrected chi connectivity index (χ2v) is 1.35. The molecule has 0 rings (SSSR count). The monoisotopic (exact) mass is 98.1 g/mol. The molecule has 7 heavy (non-hydrogen) atoms. The van der Waals surface area contributed by atoms with Crippen LogP contribution in [0.3, 0.4) is 0 Å². The molecule has 0 saturated carbocycles. The molecule has 0 bridgehead atoms. The first-order valence-corrected chi connectivity index (χ1v) is 2.25. The third kappa shape index (κ3) is 3.10. The molecule has 0 aliphatic rings. The van der Waals surface area contributed by atoms with Gasteiger partial charge >= 0.3 is 0 Å². The zero-order valence-corrected chi connectivity index (χ0v) is 4.68. The maximum absolute atomic E-state index is 8.15. The van der Waals surface area contributed by atoms with E-state index in [2.05, 4.69) is 0 Å². The Balaban J connectivity index is 3.58. The molecule has 0 aromatic rings. The average molecular weight is 98.1 g/mol. The van der Waals surface area contributed by atoms with Crippen LogP contribution in [0.1, 0.15) is 13.8 Å². The van der Waals surface area contributed by atoms with E-state index >= 15 is 0 Å². The first kappa shape index (κ1) is 6.28. The van der Waals surface area contributed by atoms with Crippen molar-refractivity contribution in [2.24, 2.45) is 0 Å². The van der Waals surface area contributed by atoms with Gasteiger partial charge in [0.1, 0.15) is 0 Å². The molecule has 1 N–H and O–H groups in total. The van der Waals surface area contributed by atoms with E-state index in [1.807, 2.05) is 19.9 Å². The molecule has 1 heteroatoms. The summed E-state index contributed by atoms with van der Waals surface area (Å²) in [7, 11) is 0. The molecule has 0 saturated heterocycles. The van der Waals surface area contributed by atoms with Crippen molar-refractivity contribution in [1.29, 1.82) is 0 Å². The molecule has 0 spiro atoms. The fourth-order valence-corrected chi connectivity index (χ4v) is 0.214. The molecule has 0 aliphatic heterocycles. The molecule has 40 valence electrons. The predicted octanol–water partition coefficient (Wildman–Crippen LogP) is 2.02. The van der Waals surface area contributed by atoms with Crippen molar-refractivity contribution in [3.63, 3.8) is 0 Å². The minimum Gasteiger partial charge on any atom is -0.516 e. The van der Waals surface area contributed by atoms with Crippen LogP contribution in [0, 0.1) is 0 Å². The molecule has 0 aromatic heterocycles. The molecular weight excluding hydrogens is 88.1 g/mol. The molecular formula is C6H10O. The van der Waals surface area contributed by atoms with Crippen LogP contribution < -0.4 is 0 Å². The fraction of sp³-hybridized carbons (Fsp3) is 0.333. The van der Waals surface area contributed by atoms with Gasteiger partial charge in [-0.3, -0.25) is 0 Å². The highest BCUT2D eigenvalue weighted by atomic mass is 16.2. The number of aliphatic hydroxyl groups excluding tert-OH is 1. The molecule has 1 nitrogen and oxygen atoms in total. The summed E-state index contributed by atoms with van der Waals surface area (Å²) in [6.45, 7) is 3.85. The van der Waals surface area contributed by atoms with E-state index in [0.717, 1.165) is 11.8 Å². The maximum Gasteiger partial charge on any atom is 0.0794 e. The average Bonchev–Trinajstić information content (AvgIpc) is 1.68. The van der Waals surface area contributed by atoms with Gasteiger partial charge in [0.2, 0.25) is 0 Å². The summed E-state index contributed by atoms with van der Waals surface area (Å²) in [5.41, 5.74) is 1.07. The summed E-state index contributed by atoms with van der Waals surface area (Å²) >= 11 is 0. The Morgan fingerprint density at radius 1 is 1.57 bits per heavy atom. The summed E-state index contributed by atoms with van der Waals surface area (Å²) < 4.78 is 0. The van der Waals surface area contributed by atoms with Crippen molar-refractivity contribution in [1.82, 2.24) is 0 Å². The van der Waals surface area contributed by atoms with Gasteiger partial charge in [-0.15, -0.1) is 0 Å². The molecule has 0 aliphatic carbocycles. The lowest BCUT2D eigenvalue weighted by molar-refractivity contribution is 0.473. The number of allylic oxidation sites excluding steroid dienone is 3. The zero-order chi connectivity index (χ0) is 5.70.